The zero-order valence-electron chi connectivity index (χ0n) is 12.6. The maximum atomic E-state index is 11.9. The van der Waals surface area contributed by atoms with Crippen LogP contribution in [0.1, 0.15) is 29.6 Å². The minimum Gasteiger partial charge on any atom is -0.388 e. The van der Waals surface area contributed by atoms with Crippen molar-refractivity contribution < 1.29 is 19.4 Å². The second kappa shape index (κ2) is 7.91. The van der Waals surface area contributed by atoms with Gasteiger partial charge in [0.25, 0.3) is 5.91 Å². The molecule has 3 atom stereocenters. The van der Waals surface area contributed by atoms with Crippen LogP contribution < -0.4 is 10.6 Å². The molecular formula is C16H22N2O4. The van der Waals surface area contributed by atoms with E-state index in [2.05, 4.69) is 10.6 Å². The Kier molecular flexibility index (Phi) is 5.91. The summed E-state index contributed by atoms with van der Waals surface area (Å²) in [4.78, 5) is 23.8. The summed E-state index contributed by atoms with van der Waals surface area (Å²) < 4.78 is 5.20. The van der Waals surface area contributed by atoms with Crippen LogP contribution in [0, 0.1) is 0 Å². The number of hydrogen-bond acceptors (Lipinski definition) is 4. The largest absolute Gasteiger partial charge is 0.388 e. The zero-order valence-corrected chi connectivity index (χ0v) is 12.6. The molecule has 0 heterocycles. The summed E-state index contributed by atoms with van der Waals surface area (Å²) in [6.07, 6.45) is 1.41. The number of hydrogen-bond donors (Lipinski definition) is 3. The third kappa shape index (κ3) is 4.29. The molecule has 1 aromatic carbocycles. The Bertz CT molecular complexity index is 506. The lowest BCUT2D eigenvalue weighted by Crippen LogP contribution is -2.53. The first-order valence-electron chi connectivity index (χ1n) is 7.45. The Balaban J connectivity index is 1.79. The third-order valence-electron chi connectivity index (χ3n) is 3.89. The second-order valence-corrected chi connectivity index (χ2v) is 5.42. The van der Waals surface area contributed by atoms with Crippen molar-refractivity contribution in [3.8, 4) is 0 Å². The average molecular weight is 306 g/mol. The van der Waals surface area contributed by atoms with Gasteiger partial charge in [0, 0.05) is 12.7 Å². The van der Waals surface area contributed by atoms with Crippen molar-refractivity contribution in [2.24, 2.45) is 0 Å². The molecule has 0 aliphatic heterocycles. The first-order chi connectivity index (χ1) is 10.6. The second-order valence-electron chi connectivity index (χ2n) is 5.42. The number of nitrogens with one attached hydrogen (secondary N) is 2. The van der Waals surface area contributed by atoms with Gasteiger partial charge in [-0.15, -0.1) is 0 Å². The SMILES string of the molecule is CO[C@@H]1CCC[C@@H](NC(=O)CNC(=O)c2ccccc2)[C@H]1O. The first-order valence-corrected chi connectivity index (χ1v) is 7.45. The van der Waals surface area contributed by atoms with Gasteiger partial charge < -0.3 is 20.5 Å². The molecule has 0 spiro atoms. The predicted octanol–water partition coefficient (Wildman–Crippen LogP) is 0.461. The van der Waals surface area contributed by atoms with Gasteiger partial charge in [-0.3, -0.25) is 9.59 Å². The van der Waals surface area contributed by atoms with Gasteiger partial charge in [0.15, 0.2) is 0 Å². The van der Waals surface area contributed by atoms with Crippen LogP contribution in [0.3, 0.4) is 0 Å². The molecule has 1 aliphatic carbocycles. The minimum absolute atomic E-state index is 0.116. The van der Waals surface area contributed by atoms with Gasteiger partial charge in [-0.2, -0.15) is 0 Å². The molecule has 1 fully saturated rings. The van der Waals surface area contributed by atoms with E-state index in [1.807, 2.05) is 6.07 Å². The van der Waals surface area contributed by atoms with Crippen LogP contribution in [-0.4, -0.2) is 48.8 Å². The predicted molar refractivity (Wildman–Crippen MR) is 81.4 cm³/mol. The summed E-state index contributed by atoms with van der Waals surface area (Å²) >= 11 is 0. The number of ether oxygens (including phenoxy) is 1. The molecule has 1 aromatic rings. The Hall–Kier alpha value is -1.92. The van der Waals surface area contributed by atoms with E-state index >= 15 is 0 Å². The summed E-state index contributed by atoms with van der Waals surface area (Å²) in [6.45, 7) is -0.116. The van der Waals surface area contributed by atoms with Gasteiger partial charge in [0.2, 0.25) is 5.91 Å². The van der Waals surface area contributed by atoms with Crippen molar-refractivity contribution in [1.29, 1.82) is 0 Å². The van der Waals surface area contributed by atoms with Crippen molar-refractivity contribution in [2.45, 2.75) is 37.5 Å². The van der Waals surface area contributed by atoms with E-state index in [0.29, 0.717) is 12.0 Å². The quantitative estimate of drug-likeness (QED) is 0.737. The average Bonchev–Trinajstić information content (AvgIpc) is 2.55. The fourth-order valence-electron chi connectivity index (χ4n) is 2.66. The molecule has 0 bridgehead atoms. The normalized spacial score (nSPS) is 24.5. The number of carbonyl (C=O) groups is 2. The van der Waals surface area contributed by atoms with E-state index in [4.69, 9.17) is 4.74 Å². The van der Waals surface area contributed by atoms with Crippen molar-refractivity contribution in [1.82, 2.24) is 10.6 Å². The van der Waals surface area contributed by atoms with Gasteiger partial charge in [0.1, 0.15) is 6.10 Å². The van der Waals surface area contributed by atoms with Crippen LogP contribution in [0.2, 0.25) is 0 Å². The molecular weight excluding hydrogens is 284 g/mol. The fourth-order valence-corrected chi connectivity index (χ4v) is 2.66. The molecule has 3 N–H and O–H groups in total. The monoisotopic (exact) mass is 306 g/mol. The van der Waals surface area contributed by atoms with Gasteiger partial charge in [0.05, 0.1) is 18.7 Å². The number of aliphatic hydroxyl groups excluding tert-OH is 1. The molecule has 120 valence electrons. The summed E-state index contributed by atoms with van der Waals surface area (Å²) in [7, 11) is 1.55. The van der Waals surface area contributed by atoms with Crippen molar-refractivity contribution in [2.75, 3.05) is 13.7 Å². The van der Waals surface area contributed by atoms with Crippen LogP contribution in [-0.2, 0) is 9.53 Å². The van der Waals surface area contributed by atoms with Crippen molar-refractivity contribution in [3.63, 3.8) is 0 Å². The lowest BCUT2D eigenvalue weighted by atomic mass is 9.90. The van der Waals surface area contributed by atoms with E-state index in [1.165, 1.54) is 0 Å². The van der Waals surface area contributed by atoms with Crippen LogP contribution in [0.25, 0.3) is 0 Å². The van der Waals surface area contributed by atoms with E-state index in [1.54, 1.807) is 31.4 Å². The van der Waals surface area contributed by atoms with Gasteiger partial charge in [-0.25, -0.2) is 0 Å². The van der Waals surface area contributed by atoms with Crippen LogP contribution in [0.5, 0.6) is 0 Å². The van der Waals surface area contributed by atoms with Gasteiger partial charge in [-0.1, -0.05) is 18.2 Å². The number of benzene rings is 1. The summed E-state index contributed by atoms with van der Waals surface area (Å²) in [6, 6.07) is 8.37. The van der Waals surface area contributed by atoms with E-state index in [9.17, 15) is 14.7 Å². The van der Waals surface area contributed by atoms with Crippen LogP contribution >= 0.6 is 0 Å². The van der Waals surface area contributed by atoms with E-state index < -0.39 is 6.10 Å². The lowest BCUT2D eigenvalue weighted by Gasteiger charge is -2.34. The highest BCUT2D eigenvalue weighted by Gasteiger charge is 2.32. The Morgan fingerprint density at radius 1 is 1.27 bits per heavy atom. The molecule has 0 unspecified atom stereocenters. The molecule has 6 nitrogen and oxygen atoms in total. The number of methoxy groups -OCH3 is 1. The van der Waals surface area contributed by atoms with Crippen LogP contribution in [0.4, 0.5) is 0 Å². The van der Waals surface area contributed by atoms with Crippen LogP contribution in [0.15, 0.2) is 30.3 Å². The van der Waals surface area contributed by atoms with Crippen molar-refractivity contribution >= 4 is 11.8 Å². The summed E-state index contributed by atoms with van der Waals surface area (Å²) in [5, 5.41) is 15.4. The smallest absolute Gasteiger partial charge is 0.251 e. The zero-order chi connectivity index (χ0) is 15.9. The van der Waals surface area contributed by atoms with E-state index in [-0.39, 0.29) is 30.5 Å². The minimum atomic E-state index is -0.715. The standard InChI is InChI=1S/C16H22N2O4/c1-22-13-9-5-8-12(15(13)20)18-14(19)10-17-16(21)11-6-3-2-4-7-11/h2-4,6-7,12-13,15,20H,5,8-10H2,1H3,(H,17,21)(H,18,19)/t12-,13-,15-/m1/s1. The number of carbonyl (C=O) groups excluding carboxylic acids is 2. The molecule has 0 saturated heterocycles. The molecule has 2 amide bonds. The highest BCUT2D eigenvalue weighted by molar-refractivity contribution is 5.96. The molecule has 6 heteroatoms. The first kappa shape index (κ1) is 16.5. The Morgan fingerprint density at radius 2 is 2.00 bits per heavy atom. The molecule has 0 aromatic heterocycles. The van der Waals surface area contributed by atoms with Gasteiger partial charge in [-0.05, 0) is 31.4 Å². The lowest BCUT2D eigenvalue weighted by molar-refractivity contribution is -0.123. The maximum absolute atomic E-state index is 11.9. The summed E-state index contributed by atoms with van der Waals surface area (Å²) in [5.74, 6) is -0.611. The molecule has 1 aliphatic rings. The number of amides is 2. The molecule has 2 rings (SSSR count). The summed E-state index contributed by atoms with van der Waals surface area (Å²) in [5.41, 5.74) is 0.507. The maximum Gasteiger partial charge on any atom is 0.251 e. The number of rotatable bonds is 5. The Morgan fingerprint density at radius 3 is 2.68 bits per heavy atom. The Labute approximate surface area is 129 Å². The van der Waals surface area contributed by atoms with Gasteiger partial charge >= 0.3 is 0 Å². The number of aliphatic hydroxyl groups is 1. The van der Waals surface area contributed by atoms with Crippen molar-refractivity contribution in [3.05, 3.63) is 35.9 Å². The molecule has 22 heavy (non-hydrogen) atoms. The topological polar surface area (TPSA) is 87.7 Å². The fraction of sp³-hybridized carbons (Fsp3) is 0.500. The third-order valence-corrected chi connectivity index (χ3v) is 3.89. The highest BCUT2D eigenvalue weighted by Crippen LogP contribution is 2.21. The van der Waals surface area contributed by atoms with E-state index in [0.717, 1.165) is 12.8 Å². The highest BCUT2D eigenvalue weighted by atomic mass is 16.5. The molecule has 0 radical (unpaired) electrons. The molecule has 1 saturated carbocycles.